The third-order valence-electron chi connectivity index (χ3n) is 13.6. The van der Waals surface area contributed by atoms with E-state index in [1.165, 1.54) is 49.4 Å². The van der Waals surface area contributed by atoms with Crippen molar-refractivity contribution in [2.45, 2.75) is 78.9 Å². The minimum absolute atomic E-state index is 0.124. The Morgan fingerprint density at radius 3 is 1.58 bits per heavy atom. The van der Waals surface area contributed by atoms with Gasteiger partial charge in [0.1, 0.15) is 0 Å². The molecule has 0 radical (unpaired) electrons. The SMILES string of the molecule is CC(C)(C)c1ccc2c(c1)-c1ccc(B3OC(C)(C)C(C)(C)O3)c3cccc-2c13.Cc1ccccc1C1=C2C(=C(c3ccccc3C)C1=O)c1ccc(Br)c3cccc2c13. The number of aryl methyl sites for hydroxylation is 2. The lowest BCUT2D eigenvalue weighted by Gasteiger charge is -2.32. The number of halogens is 1. The maximum absolute atomic E-state index is 14.1. The van der Waals surface area contributed by atoms with E-state index in [1.807, 2.05) is 24.3 Å². The number of rotatable bonds is 3. The van der Waals surface area contributed by atoms with Gasteiger partial charge >= 0.3 is 7.12 Å². The molecule has 1 heterocycles. The van der Waals surface area contributed by atoms with Crippen LogP contribution in [-0.4, -0.2) is 24.1 Å². The van der Waals surface area contributed by atoms with E-state index in [4.69, 9.17) is 9.31 Å². The van der Waals surface area contributed by atoms with Gasteiger partial charge in [-0.25, -0.2) is 0 Å². The van der Waals surface area contributed by atoms with Crippen LogP contribution in [0.25, 0.3) is 66.1 Å². The third kappa shape index (κ3) is 5.73. The predicted octanol–water partition coefficient (Wildman–Crippen LogP) is 13.7. The normalized spacial score (nSPS) is 16.8. The molecule has 5 heteroatoms. The highest BCUT2D eigenvalue weighted by Gasteiger charge is 2.52. The number of Topliss-reactive ketones (excluding diaryl/α,β-unsaturated/α-hetero) is 1. The first-order valence-corrected chi connectivity index (χ1v) is 21.8. The molecule has 7 aromatic carbocycles. The molecule has 11 rings (SSSR count). The molecule has 3 aliphatic carbocycles. The molecule has 0 saturated carbocycles. The summed E-state index contributed by atoms with van der Waals surface area (Å²) in [6.07, 6.45) is 0. The number of fused-ring (bicyclic) bond motifs is 6. The molecule has 0 aromatic heterocycles. The molecule has 1 saturated heterocycles. The zero-order valence-corrected chi connectivity index (χ0v) is 37.4. The summed E-state index contributed by atoms with van der Waals surface area (Å²) in [7, 11) is -0.349. The van der Waals surface area contributed by atoms with Crippen LogP contribution in [0.5, 0.6) is 0 Å². The number of hydrogen-bond donors (Lipinski definition) is 0. The van der Waals surface area contributed by atoms with E-state index in [2.05, 4.69) is 181 Å². The molecular formula is C55H48BBrO3. The number of carbonyl (C=O) groups excluding carboxylic acids is 1. The zero-order chi connectivity index (χ0) is 42.0. The average molecular weight is 848 g/mol. The molecule has 1 fully saturated rings. The highest BCUT2D eigenvalue weighted by atomic mass is 79.9. The molecule has 0 unspecified atom stereocenters. The van der Waals surface area contributed by atoms with Crippen molar-refractivity contribution >= 4 is 78.1 Å². The van der Waals surface area contributed by atoms with E-state index < -0.39 is 0 Å². The molecule has 0 N–H and O–H groups in total. The summed E-state index contributed by atoms with van der Waals surface area (Å²) in [6.45, 7) is 19.4. The van der Waals surface area contributed by atoms with E-state index in [9.17, 15) is 4.79 Å². The van der Waals surface area contributed by atoms with Crippen LogP contribution >= 0.6 is 15.9 Å². The third-order valence-corrected chi connectivity index (χ3v) is 14.3. The summed E-state index contributed by atoms with van der Waals surface area (Å²) in [4.78, 5) is 14.1. The molecule has 0 bridgehead atoms. The van der Waals surface area contributed by atoms with Crippen LogP contribution in [0.4, 0.5) is 0 Å². The van der Waals surface area contributed by atoms with Crippen molar-refractivity contribution < 1.29 is 14.1 Å². The lowest BCUT2D eigenvalue weighted by atomic mass is 9.75. The first-order valence-electron chi connectivity index (χ1n) is 21.0. The van der Waals surface area contributed by atoms with E-state index in [0.717, 1.165) is 65.6 Å². The lowest BCUT2D eigenvalue weighted by Crippen LogP contribution is -2.41. The van der Waals surface area contributed by atoms with Crippen LogP contribution in [0.15, 0.2) is 132 Å². The van der Waals surface area contributed by atoms with E-state index in [1.54, 1.807) is 0 Å². The van der Waals surface area contributed by atoms with Crippen LogP contribution in [0.2, 0.25) is 0 Å². The fraction of sp³-hybridized carbons (Fsp3) is 0.218. The summed E-state index contributed by atoms with van der Waals surface area (Å²) in [5, 5.41) is 4.96. The smallest absolute Gasteiger partial charge is 0.399 e. The van der Waals surface area contributed by atoms with Gasteiger partial charge in [-0.05, 0) is 147 Å². The molecule has 60 heavy (non-hydrogen) atoms. The Kier molecular flexibility index (Phi) is 8.80. The van der Waals surface area contributed by atoms with Crippen molar-refractivity contribution in [1.82, 2.24) is 0 Å². The van der Waals surface area contributed by atoms with Crippen molar-refractivity contribution in [1.29, 1.82) is 0 Å². The van der Waals surface area contributed by atoms with Crippen molar-refractivity contribution in [2.24, 2.45) is 0 Å². The van der Waals surface area contributed by atoms with Crippen LogP contribution in [0, 0.1) is 13.8 Å². The van der Waals surface area contributed by atoms with Crippen LogP contribution < -0.4 is 5.46 Å². The monoisotopic (exact) mass is 846 g/mol. The maximum Gasteiger partial charge on any atom is 0.495 e. The number of hydrogen-bond acceptors (Lipinski definition) is 3. The summed E-state index contributed by atoms with van der Waals surface area (Å²) < 4.78 is 13.8. The Bertz CT molecular complexity index is 2990. The predicted molar refractivity (Wildman–Crippen MR) is 255 cm³/mol. The van der Waals surface area contributed by atoms with Gasteiger partial charge in [-0.1, -0.05) is 152 Å². The van der Waals surface area contributed by atoms with Gasteiger partial charge < -0.3 is 9.31 Å². The molecule has 3 nitrogen and oxygen atoms in total. The Morgan fingerprint density at radius 1 is 0.500 bits per heavy atom. The summed E-state index contributed by atoms with van der Waals surface area (Å²) in [5.41, 5.74) is 17.6. The Balaban J connectivity index is 0.000000145. The molecule has 0 amide bonds. The van der Waals surface area contributed by atoms with E-state index in [0.29, 0.717) is 0 Å². The average Bonchev–Trinajstić information content (AvgIpc) is 3.88. The molecule has 0 spiro atoms. The Morgan fingerprint density at radius 2 is 0.983 bits per heavy atom. The van der Waals surface area contributed by atoms with Gasteiger partial charge in [-0.15, -0.1) is 0 Å². The van der Waals surface area contributed by atoms with Crippen LogP contribution in [-0.2, 0) is 19.5 Å². The lowest BCUT2D eigenvalue weighted by molar-refractivity contribution is -0.108. The quantitative estimate of drug-likeness (QED) is 0.166. The molecule has 0 atom stereocenters. The minimum Gasteiger partial charge on any atom is -0.399 e. The topological polar surface area (TPSA) is 35.5 Å². The molecule has 1 aliphatic heterocycles. The first kappa shape index (κ1) is 38.9. The fourth-order valence-electron chi connectivity index (χ4n) is 9.67. The van der Waals surface area contributed by atoms with E-state index >= 15 is 0 Å². The second kappa shape index (κ2) is 13.6. The summed E-state index contributed by atoms with van der Waals surface area (Å²) in [6, 6.07) is 45.1. The highest BCUT2D eigenvalue weighted by molar-refractivity contribution is 9.10. The maximum atomic E-state index is 14.1. The minimum atomic E-state index is -0.349. The second-order valence-corrected chi connectivity index (χ2v) is 19.7. The van der Waals surface area contributed by atoms with Crippen molar-refractivity contribution in [3.05, 3.63) is 171 Å². The number of benzene rings is 7. The van der Waals surface area contributed by atoms with Crippen LogP contribution in [0.3, 0.4) is 0 Å². The van der Waals surface area contributed by atoms with Crippen molar-refractivity contribution in [2.75, 3.05) is 0 Å². The molecule has 296 valence electrons. The summed E-state index contributed by atoms with van der Waals surface area (Å²) >= 11 is 3.73. The van der Waals surface area contributed by atoms with Gasteiger partial charge in [0.2, 0.25) is 0 Å². The summed E-state index contributed by atoms with van der Waals surface area (Å²) in [5.74, 6) is 0.124. The fourth-order valence-corrected chi connectivity index (χ4v) is 10.1. The largest absolute Gasteiger partial charge is 0.495 e. The number of carbonyl (C=O) groups is 1. The van der Waals surface area contributed by atoms with Gasteiger partial charge in [-0.2, -0.15) is 0 Å². The highest BCUT2D eigenvalue weighted by Crippen LogP contribution is 2.58. The van der Waals surface area contributed by atoms with Crippen LogP contribution in [0.1, 0.15) is 87.4 Å². The molecular weight excluding hydrogens is 799 g/mol. The molecule has 4 aliphatic rings. The number of ketones is 1. The van der Waals surface area contributed by atoms with Gasteiger partial charge in [-0.3, -0.25) is 4.79 Å². The zero-order valence-electron chi connectivity index (χ0n) is 35.8. The van der Waals surface area contributed by atoms with Gasteiger partial charge in [0, 0.05) is 26.8 Å². The Hall–Kier alpha value is -5.33. The molecule has 7 aromatic rings. The van der Waals surface area contributed by atoms with Gasteiger partial charge in [0.05, 0.1) is 11.2 Å². The second-order valence-electron chi connectivity index (χ2n) is 18.8. The standard InChI is InChI=1S/C29H19BrO.C26H29BO2/c1-16-8-3-5-10-18(16)27-25-21-13-7-12-20-23(30)15-14-22(24(20)21)26(25)28(29(27)31)19-11-6-4-9-17(19)2;1-24(2,3)16-11-12-17-18-9-8-10-20-22(14-13-19(23(18)20)21(17)15-16)27-28-25(4,5)26(6,7)29-27/h3-15H,1-2H3;8-15H,1-7H3. The van der Waals surface area contributed by atoms with E-state index in [-0.39, 0.29) is 29.5 Å². The first-order chi connectivity index (χ1) is 28.6. The van der Waals surface area contributed by atoms with Gasteiger partial charge in [0.15, 0.2) is 5.78 Å². The van der Waals surface area contributed by atoms with Gasteiger partial charge in [0.25, 0.3) is 0 Å². The van der Waals surface area contributed by atoms with Crippen molar-refractivity contribution in [3.8, 4) is 22.3 Å². The Labute approximate surface area is 362 Å². The van der Waals surface area contributed by atoms with Crippen molar-refractivity contribution in [3.63, 3.8) is 0 Å². The number of allylic oxidation sites excluding steroid dienone is 4.